The molecule has 98 valence electrons. The Morgan fingerprint density at radius 2 is 2.05 bits per heavy atom. The molecule has 2 heterocycles. The van der Waals surface area contributed by atoms with Gasteiger partial charge >= 0.3 is 0 Å². The Hall–Kier alpha value is -2.63. The van der Waals surface area contributed by atoms with Crippen LogP contribution < -0.4 is 10.6 Å². The lowest BCUT2D eigenvalue weighted by Crippen LogP contribution is -2.19. The SMILES string of the molecule is CN(Cc1ccncc1)c1ccc(/C(N)=N/O)cn1. The Balaban J connectivity index is 2.10. The lowest BCUT2D eigenvalue weighted by atomic mass is 10.2. The molecule has 2 aromatic rings. The van der Waals surface area contributed by atoms with Gasteiger partial charge in [0, 0.05) is 37.7 Å². The number of hydrogen-bond acceptors (Lipinski definition) is 5. The molecule has 2 rings (SSSR count). The molecule has 0 atom stereocenters. The van der Waals surface area contributed by atoms with Crippen molar-refractivity contribution in [3.63, 3.8) is 0 Å². The van der Waals surface area contributed by atoms with E-state index >= 15 is 0 Å². The van der Waals surface area contributed by atoms with Crippen LogP contribution in [-0.2, 0) is 6.54 Å². The third kappa shape index (κ3) is 3.19. The molecule has 0 unspecified atom stereocenters. The minimum absolute atomic E-state index is 0.0517. The first-order valence-electron chi connectivity index (χ1n) is 5.74. The normalized spacial score (nSPS) is 11.3. The molecule has 6 heteroatoms. The quantitative estimate of drug-likeness (QED) is 0.372. The van der Waals surface area contributed by atoms with Crippen LogP contribution >= 0.6 is 0 Å². The van der Waals surface area contributed by atoms with Crippen LogP contribution in [0.3, 0.4) is 0 Å². The van der Waals surface area contributed by atoms with Gasteiger partial charge in [0.1, 0.15) is 5.82 Å². The summed E-state index contributed by atoms with van der Waals surface area (Å²) in [6.45, 7) is 0.735. The molecule has 0 aliphatic carbocycles. The Morgan fingerprint density at radius 1 is 1.32 bits per heavy atom. The fraction of sp³-hybridized carbons (Fsp3) is 0.154. The largest absolute Gasteiger partial charge is 0.409 e. The van der Waals surface area contributed by atoms with Gasteiger partial charge in [-0.1, -0.05) is 5.16 Å². The molecular formula is C13H15N5O. The van der Waals surface area contributed by atoms with Gasteiger partial charge in [-0.3, -0.25) is 4.98 Å². The minimum atomic E-state index is 0.0517. The maximum Gasteiger partial charge on any atom is 0.171 e. The molecule has 0 saturated carbocycles. The van der Waals surface area contributed by atoms with E-state index in [-0.39, 0.29) is 5.84 Å². The molecule has 0 aromatic carbocycles. The highest BCUT2D eigenvalue weighted by molar-refractivity contribution is 5.96. The minimum Gasteiger partial charge on any atom is -0.409 e. The highest BCUT2D eigenvalue weighted by atomic mass is 16.4. The molecule has 0 amide bonds. The Labute approximate surface area is 111 Å². The van der Waals surface area contributed by atoms with Crippen LogP contribution in [0.25, 0.3) is 0 Å². The average Bonchev–Trinajstić information content (AvgIpc) is 2.47. The molecule has 0 spiro atoms. The highest BCUT2D eigenvalue weighted by Crippen LogP contribution is 2.12. The fourth-order valence-electron chi connectivity index (χ4n) is 1.66. The van der Waals surface area contributed by atoms with Gasteiger partial charge in [0.05, 0.1) is 0 Å². The van der Waals surface area contributed by atoms with E-state index in [4.69, 9.17) is 10.9 Å². The van der Waals surface area contributed by atoms with Crippen molar-refractivity contribution < 1.29 is 5.21 Å². The monoisotopic (exact) mass is 257 g/mol. The molecule has 0 fully saturated rings. The van der Waals surface area contributed by atoms with Crippen LogP contribution in [0.5, 0.6) is 0 Å². The van der Waals surface area contributed by atoms with E-state index in [9.17, 15) is 0 Å². The van der Waals surface area contributed by atoms with Crippen molar-refractivity contribution in [2.45, 2.75) is 6.54 Å². The summed E-state index contributed by atoms with van der Waals surface area (Å²) in [5.41, 5.74) is 7.22. The maximum atomic E-state index is 8.58. The fourth-order valence-corrected chi connectivity index (χ4v) is 1.66. The summed E-state index contributed by atoms with van der Waals surface area (Å²) >= 11 is 0. The smallest absolute Gasteiger partial charge is 0.171 e. The van der Waals surface area contributed by atoms with E-state index < -0.39 is 0 Å². The van der Waals surface area contributed by atoms with Gasteiger partial charge in [0.25, 0.3) is 0 Å². The standard InChI is InChI=1S/C13H15N5O/c1-18(9-10-4-6-15-7-5-10)12-3-2-11(8-16-12)13(14)17-19/h2-8,19H,9H2,1H3,(H2,14,17). The number of amidine groups is 1. The zero-order valence-corrected chi connectivity index (χ0v) is 10.6. The van der Waals surface area contributed by atoms with Gasteiger partial charge < -0.3 is 15.8 Å². The molecule has 0 bridgehead atoms. The predicted molar refractivity (Wildman–Crippen MR) is 73.1 cm³/mol. The first kappa shape index (κ1) is 12.8. The third-order valence-electron chi connectivity index (χ3n) is 2.71. The highest BCUT2D eigenvalue weighted by Gasteiger charge is 2.05. The Kier molecular flexibility index (Phi) is 3.92. The van der Waals surface area contributed by atoms with Gasteiger partial charge in [-0.25, -0.2) is 4.98 Å². The van der Waals surface area contributed by atoms with E-state index in [2.05, 4.69) is 15.1 Å². The summed E-state index contributed by atoms with van der Waals surface area (Å²) < 4.78 is 0. The lowest BCUT2D eigenvalue weighted by molar-refractivity contribution is 0.318. The molecule has 0 radical (unpaired) electrons. The average molecular weight is 257 g/mol. The van der Waals surface area contributed by atoms with Crippen LogP contribution in [0.1, 0.15) is 11.1 Å². The number of anilines is 1. The van der Waals surface area contributed by atoms with Crippen molar-refractivity contribution >= 4 is 11.7 Å². The van der Waals surface area contributed by atoms with Crippen LogP contribution in [-0.4, -0.2) is 28.1 Å². The molecule has 0 saturated heterocycles. The number of pyridine rings is 2. The van der Waals surface area contributed by atoms with E-state index in [0.717, 1.165) is 17.9 Å². The molecule has 2 aromatic heterocycles. The molecule has 19 heavy (non-hydrogen) atoms. The third-order valence-corrected chi connectivity index (χ3v) is 2.71. The van der Waals surface area contributed by atoms with Crippen LogP contribution in [0.2, 0.25) is 0 Å². The summed E-state index contributed by atoms with van der Waals surface area (Å²) in [6.07, 6.45) is 5.10. The molecular weight excluding hydrogens is 242 g/mol. The van der Waals surface area contributed by atoms with Crippen LogP contribution in [0.4, 0.5) is 5.82 Å². The maximum absolute atomic E-state index is 8.58. The lowest BCUT2D eigenvalue weighted by Gasteiger charge is -2.18. The van der Waals surface area contributed by atoms with Crippen molar-refractivity contribution in [2.24, 2.45) is 10.9 Å². The zero-order valence-electron chi connectivity index (χ0n) is 10.6. The first-order valence-corrected chi connectivity index (χ1v) is 5.74. The first-order chi connectivity index (χ1) is 9.20. The van der Waals surface area contributed by atoms with Crippen LogP contribution in [0.15, 0.2) is 48.0 Å². The number of oxime groups is 1. The second-order valence-corrected chi connectivity index (χ2v) is 4.10. The molecule has 0 aliphatic rings. The summed E-state index contributed by atoms with van der Waals surface area (Å²) in [5, 5.41) is 11.5. The summed E-state index contributed by atoms with van der Waals surface area (Å²) in [5.74, 6) is 0.863. The Bertz CT molecular complexity index is 553. The number of nitrogens with two attached hydrogens (primary N) is 1. The van der Waals surface area contributed by atoms with Gasteiger partial charge in [-0.15, -0.1) is 0 Å². The molecule has 0 aliphatic heterocycles. The number of nitrogens with zero attached hydrogens (tertiary/aromatic N) is 4. The second kappa shape index (κ2) is 5.81. The summed E-state index contributed by atoms with van der Waals surface area (Å²) in [4.78, 5) is 10.3. The van der Waals surface area contributed by atoms with Gasteiger partial charge in [0.15, 0.2) is 5.84 Å². The number of aromatic nitrogens is 2. The van der Waals surface area contributed by atoms with Gasteiger partial charge in [-0.2, -0.15) is 0 Å². The molecule has 6 nitrogen and oxygen atoms in total. The van der Waals surface area contributed by atoms with Crippen molar-refractivity contribution in [3.05, 3.63) is 54.0 Å². The van der Waals surface area contributed by atoms with Gasteiger partial charge in [0.2, 0.25) is 0 Å². The zero-order chi connectivity index (χ0) is 13.7. The molecule has 3 N–H and O–H groups in total. The van der Waals surface area contributed by atoms with E-state index in [0.29, 0.717) is 5.56 Å². The van der Waals surface area contributed by atoms with E-state index in [1.807, 2.05) is 30.1 Å². The Morgan fingerprint density at radius 3 is 2.63 bits per heavy atom. The second-order valence-electron chi connectivity index (χ2n) is 4.10. The van der Waals surface area contributed by atoms with Crippen molar-refractivity contribution in [1.29, 1.82) is 0 Å². The van der Waals surface area contributed by atoms with Crippen molar-refractivity contribution in [3.8, 4) is 0 Å². The topological polar surface area (TPSA) is 87.6 Å². The van der Waals surface area contributed by atoms with E-state index in [1.54, 1.807) is 24.7 Å². The summed E-state index contributed by atoms with van der Waals surface area (Å²) in [7, 11) is 1.95. The van der Waals surface area contributed by atoms with E-state index in [1.165, 1.54) is 0 Å². The van der Waals surface area contributed by atoms with Crippen LogP contribution in [0, 0.1) is 0 Å². The van der Waals surface area contributed by atoms with Gasteiger partial charge in [-0.05, 0) is 29.8 Å². The van der Waals surface area contributed by atoms with Crippen molar-refractivity contribution in [1.82, 2.24) is 9.97 Å². The summed E-state index contributed by atoms with van der Waals surface area (Å²) in [6, 6.07) is 7.51. The van der Waals surface area contributed by atoms with Crippen molar-refractivity contribution in [2.75, 3.05) is 11.9 Å². The number of rotatable bonds is 4. The number of hydrogen-bond donors (Lipinski definition) is 2. The predicted octanol–water partition coefficient (Wildman–Crippen LogP) is 1.21.